The number of esters is 2. The first-order valence-electron chi connectivity index (χ1n) is 9.46. The zero-order chi connectivity index (χ0) is 23.7. The van der Waals surface area contributed by atoms with Gasteiger partial charge in [0, 0.05) is 0 Å². The summed E-state index contributed by atoms with van der Waals surface area (Å²) in [4.78, 5) is 25.3. The third-order valence-corrected chi connectivity index (χ3v) is 4.54. The fourth-order valence-corrected chi connectivity index (χ4v) is 2.93. The molecule has 0 saturated heterocycles. The molecule has 0 atom stereocenters. The lowest BCUT2D eigenvalue weighted by Gasteiger charge is -2.12. The highest BCUT2D eigenvalue weighted by atomic mass is 16.5. The van der Waals surface area contributed by atoms with Gasteiger partial charge in [-0.05, 0) is 47.5 Å². The Morgan fingerprint density at radius 1 is 0.562 bits per heavy atom. The van der Waals surface area contributed by atoms with Crippen LogP contribution in [-0.4, -0.2) is 54.6 Å². The van der Waals surface area contributed by atoms with Gasteiger partial charge in [0.1, 0.15) is 0 Å². The minimum absolute atomic E-state index is 0.00125. The molecule has 0 bridgehead atoms. The highest BCUT2D eigenvalue weighted by molar-refractivity contribution is 6.12. The third-order valence-electron chi connectivity index (χ3n) is 4.54. The quantitative estimate of drug-likeness (QED) is 0.331. The molecule has 8 nitrogen and oxygen atoms in total. The van der Waals surface area contributed by atoms with Crippen LogP contribution in [0.25, 0.3) is 12.2 Å². The molecule has 2 rings (SSSR count). The number of benzene rings is 2. The molecule has 0 unspecified atom stereocenters. The third kappa shape index (κ3) is 5.60. The second-order valence-corrected chi connectivity index (χ2v) is 6.33. The molecular formula is C24H26O8. The van der Waals surface area contributed by atoms with Crippen LogP contribution in [0.2, 0.25) is 0 Å². The van der Waals surface area contributed by atoms with Crippen molar-refractivity contribution < 1.29 is 38.0 Å². The van der Waals surface area contributed by atoms with Crippen molar-refractivity contribution in [2.45, 2.75) is 0 Å². The molecule has 0 aliphatic carbocycles. The second kappa shape index (κ2) is 11.5. The van der Waals surface area contributed by atoms with Crippen LogP contribution >= 0.6 is 0 Å². The Bertz CT molecular complexity index is 953. The van der Waals surface area contributed by atoms with E-state index in [0.29, 0.717) is 34.1 Å². The molecule has 8 heteroatoms. The average molecular weight is 442 g/mol. The Morgan fingerprint density at radius 2 is 0.906 bits per heavy atom. The molecule has 0 aromatic heterocycles. The highest BCUT2D eigenvalue weighted by Gasteiger charge is 2.23. The van der Waals surface area contributed by atoms with Crippen molar-refractivity contribution in [2.75, 3.05) is 42.7 Å². The van der Waals surface area contributed by atoms with Crippen molar-refractivity contribution in [3.05, 3.63) is 58.7 Å². The molecule has 0 N–H and O–H groups in total. The summed E-state index contributed by atoms with van der Waals surface area (Å²) >= 11 is 0. The van der Waals surface area contributed by atoms with E-state index in [1.54, 1.807) is 36.4 Å². The minimum Gasteiger partial charge on any atom is -0.493 e. The molecule has 0 fully saturated rings. The maximum absolute atomic E-state index is 12.6. The number of ether oxygens (including phenoxy) is 6. The first-order valence-corrected chi connectivity index (χ1v) is 9.46. The maximum atomic E-state index is 12.6. The summed E-state index contributed by atoms with van der Waals surface area (Å²) in [6.45, 7) is 0. The Hall–Kier alpha value is -3.94. The molecule has 0 spiro atoms. The van der Waals surface area contributed by atoms with Crippen LogP contribution in [0.3, 0.4) is 0 Å². The minimum atomic E-state index is -0.711. The van der Waals surface area contributed by atoms with E-state index in [2.05, 4.69) is 0 Å². The number of hydrogen-bond donors (Lipinski definition) is 0. The summed E-state index contributed by atoms with van der Waals surface area (Å²) in [5, 5.41) is 0. The smallest absolute Gasteiger partial charge is 0.338 e. The van der Waals surface area contributed by atoms with Crippen molar-refractivity contribution in [3.8, 4) is 23.0 Å². The summed E-state index contributed by atoms with van der Waals surface area (Å²) in [6, 6.07) is 10.2. The van der Waals surface area contributed by atoms with Crippen LogP contribution in [-0.2, 0) is 19.1 Å². The number of carbonyl (C=O) groups is 2. The first-order chi connectivity index (χ1) is 15.4. The van der Waals surface area contributed by atoms with Crippen LogP contribution < -0.4 is 18.9 Å². The van der Waals surface area contributed by atoms with Gasteiger partial charge in [-0.25, -0.2) is 9.59 Å². The van der Waals surface area contributed by atoms with Gasteiger partial charge in [0.2, 0.25) is 0 Å². The Kier molecular flexibility index (Phi) is 8.71. The zero-order valence-electron chi connectivity index (χ0n) is 18.9. The normalized spacial score (nSPS) is 11.4. The van der Waals surface area contributed by atoms with Gasteiger partial charge in [-0.2, -0.15) is 0 Å². The number of methoxy groups -OCH3 is 6. The summed E-state index contributed by atoms with van der Waals surface area (Å²) in [5.74, 6) is 0.563. The molecule has 2 aromatic rings. The van der Waals surface area contributed by atoms with E-state index in [1.165, 1.54) is 54.8 Å². The van der Waals surface area contributed by atoms with Crippen molar-refractivity contribution in [3.63, 3.8) is 0 Å². The standard InChI is InChI=1S/C24H26O8/c1-27-19-9-7-15(13-21(19)29-3)11-17(23(25)31-5)18(24(26)32-6)12-16-8-10-20(28-2)22(14-16)30-4/h7-14H,1-6H3/b17-11-,18-12-. The van der Waals surface area contributed by atoms with Gasteiger partial charge in [-0.15, -0.1) is 0 Å². The largest absolute Gasteiger partial charge is 0.493 e. The van der Waals surface area contributed by atoms with E-state index < -0.39 is 11.9 Å². The van der Waals surface area contributed by atoms with E-state index in [4.69, 9.17) is 28.4 Å². The van der Waals surface area contributed by atoms with Gasteiger partial charge in [0.25, 0.3) is 0 Å². The number of rotatable bonds is 9. The first kappa shape index (κ1) is 24.3. The lowest BCUT2D eigenvalue weighted by Crippen LogP contribution is -2.15. The van der Waals surface area contributed by atoms with Crippen LogP contribution in [0.1, 0.15) is 11.1 Å². The van der Waals surface area contributed by atoms with Crippen LogP contribution in [0.5, 0.6) is 23.0 Å². The van der Waals surface area contributed by atoms with E-state index in [9.17, 15) is 9.59 Å². The molecule has 0 saturated carbocycles. The van der Waals surface area contributed by atoms with Crippen molar-refractivity contribution >= 4 is 24.1 Å². The van der Waals surface area contributed by atoms with Gasteiger partial charge in [-0.1, -0.05) is 12.1 Å². The molecule has 0 heterocycles. The lowest BCUT2D eigenvalue weighted by molar-refractivity contribution is -0.139. The highest BCUT2D eigenvalue weighted by Crippen LogP contribution is 2.31. The SMILES string of the molecule is COC(=O)C(=C\c1ccc(OC)c(OC)c1)/C(=C/c1ccc(OC)c(OC)c1)C(=O)OC. The Labute approximate surface area is 186 Å². The van der Waals surface area contributed by atoms with E-state index in [0.717, 1.165) is 0 Å². The molecular weight excluding hydrogens is 416 g/mol. The van der Waals surface area contributed by atoms with Gasteiger partial charge in [0.15, 0.2) is 23.0 Å². The van der Waals surface area contributed by atoms with Gasteiger partial charge < -0.3 is 28.4 Å². The zero-order valence-corrected chi connectivity index (χ0v) is 18.9. The lowest BCUT2D eigenvalue weighted by atomic mass is 9.99. The van der Waals surface area contributed by atoms with Crippen molar-refractivity contribution in [1.82, 2.24) is 0 Å². The van der Waals surface area contributed by atoms with E-state index >= 15 is 0 Å². The molecule has 0 aliphatic heterocycles. The molecule has 0 aliphatic rings. The molecule has 0 radical (unpaired) electrons. The average Bonchev–Trinajstić information content (AvgIpc) is 2.84. The topological polar surface area (TPSA) is 89.5 Å². The van der Waals surface area contributed by atoms with Crippen molar-refractivity contribution in [2.24, 2.45) is 0 Å². The summed E-state index contributed by atoms with van der Waals surface area (Å²) in [7, 11) is 8.52. The van der Waals surface area contributed by atoms with E-state index in [1.807, 2.05) is 0 Å². The predicted molar refractivity (Wildman–Crippen MR) is 119 cm³/mol. The van der Waals surface area contributed by atoms with Crippen molar-refractivity contribution in [1.29, 1.82) is 0 Å². The molecule has 2 aromatic carbocycles. The van der Waals surface area contributed by atoms with Gasteiger partial charge in [-0.3, -0.25) is 0 Å². The fourth-order valence-electron chi connectivity index (χ4n) is 2.93. The monoisotopic (exact) mass is 442 g/mol. The maximum Gasteiger partial charge on any atom is 0.338 e. The van der Waals surface area contributed by atoms with Gasteiger partial charge in [0.05, 0.1) is 53.8 Å². The van der Waals surface area contributed by atoms with Gasteiger partial charge >= 0.3 is 11.9 Å². The summed E-state index contributed by atoms with van der Waals surface area (Å²) in [6.07, 6.45) is 3.02. The van der Waals surface area contributed by atoms with Crippen LogP contribution in [0.15, 0.2) is 47.5 Å². The molecule has 0 amide bonds. The predicted octanol–water partition coefficient (Wildman–Crippen LogP) is 3.53. The molecule has 170 valence electrons. The van der Waals surface area contributed by atoms with Crippen LogP contribution in [0, 0.1) is 0 Å². The number of hydrogen-bond acceptors (Lipinski definition) is 8. The van der Waals surface area contributed by atoms with Crippen LogP contribution in [0.4, 0.5) is 0 Å². The second-order valence-electron chi connectivity index (χ2n) is 6.33. The molecule has 32 heavy (non-hydrogen) atoms. The Morgan fingerprint density at radius 3 is 1.19 bits per heavy atom. The fraction of sp³-hybridized carbons (Fsp3) is 0.250. The Balaban J connectivity index is 2.67. The number of carbonyl (C=O) groups excluding carboxylic acids is 2. The summed E-state index contributed by atoms with van der Waals surface area (Å²) < 4.78 is 31.0. The van der Waals surface area contributed by atoms with E-state index in [-0.39, 0.29) is 11.1 Å². The summed E-state index contributed by atoms with van der Waals surface area (Å²) in [5.41, 5.74) is 1.18.